The van der Waals surface area contributed by atoms with Gasteiger partial charge in [0.05, 0.1) is 10.5 Å². The van der Waals surface area contributed by atoms with Gasteiger partial charge in [-0.1, -0.05) is 31.2 Å². The van der Waals surface area contributed by atoms with Crippen LogP contribution in [0.3, 0.4) is 0 Å². The molecule has 0 radical (unpaired) electrons. The highest BCUT2D eigenvalue weighted by molar-refractivity contribution is 7.89. The summed E-state index contributed by atoms with van der Waals surface area (Å²) >= 11 is 0. The van der Waals surface area contributed by atoms with E-state index in [2.05, 4.69) is 10.0 Å². The first-order valence-corrected chi connectivity index (χ1v) is 10.9. The van der Waals surface area contributed by atoms with Crippen molar-refractivity contribution in [1.82, 2.24) is 10.0 Å². The second-order valence-electron chi connectivity index (χ2n) is 7.24. The zero-order valence-electron chi connectivity index (χ0n) is 17.0. The average Bonchev–Trinajstić information content (AvgIpc) is 2.66. The van der Waals surface area contributed by atoms with Crippen molar-refractivity contribution in [2.75, 3.05) is 13.1 Å². The second kappa shape index (κ2) is 9.61. The molecule has 1 atom stereocenters. The lowest BCUT2D eigenvalue weighted by Crippen LogP contribution is -2.35. The van der Waals surface area contributed by atoms with Gasteiger partial charge < -0.3 is 5.32 Å². The number of sulfonamides is 1. The maximum absolute atomic E-state index is 12.6. The Morgan fingerprint density at radius 1 is 1.03 bits per heavy atom. The largest absolute Gasteiger partial charge is 0.416 e. The van der Waals surface area contributed by atoms with Crippen LogP contribution in [0.15, 0.2) is 47.4 Å². The Labute approximate surface area is 174 Å². The molecule has 0 aromatic heterocycles. The smallest absolute Gasteiger partial charge is 0.355 e. The Balaban J connectivity index is 1.82. The third-order valence-corrected chi connectivity index (χ3v) is 6.27. The van der Waals surface area contributed by atoms with Crippen molar-refractivity contribution in [3.8, 4) is 0 Å². The number of rotatable bonds is 8. The number of nitrogens with one attached hydrogen (secondary N) is 2. The van der Waals surface area contributed by atoms with Crippen LogP contribution in [0.2, 0.25) is 0 Å². The van der Waals surface area contributed by atoms with E-state index in [4.69, 9.17) is 0 Å². The van der Waals surface area contributed by atoms with E-state index in [1.54, 1.807) is 32.9 Å². The maximum Gasteiger partial charge on any atom is 0.416 e. The summed E-state index contributed by atoms with van der Waals surface area (Å²) in [6, 6.07) is 9.85. The summed E-state index contributed by atoms with van der Waals surface area (Å²) < 4.78 is 65.1. The minimum atomic E-state index is -4.40. The highest BCUT2D eigenvalue weighted by Crippen LogP contribution is 2.30. The molecule has 1 unspecified atom stereocenters. The number of carbonyl (C=O) groups is 1. The number of hydrogen-bond donors (Lipinski definition) is 2. The van der Waals surface area contributed by atoms with Gasteiger partial charge in [0.2, 0.25) is 15.9 Å². The van der Waals surface area contributed by atoms with Crippen molar-refractivity contribution in [2.24, 2.45) is 0 Å². The van der Waals surface area contributed by atoms with Crippen LogP contribution in [0.5, 0.6) is 0 Å². The number of amides is 1. The zero-order valence-corrected chi connectivity index (χ0v) is 17.8. The van der Waals surface area contributed by atoms with E-state index in [0.29, 0.717) is 11.1 Å². The first kappa shape index (κ1) is 23.9. The van der Waals surface area contributed by atoms with Crippen LogP contribution in [-0.4, -0.2) is 27.4 Å². The molecule has 0 saturated heterocycles. The second-order valence-corrected chi connectivity index (χ2v) is 8.98. The molecule has 1 amide bonds. The molecule has 5 nitrogen and oxygen atoms in total. The van der Waals surface area contributed by atoms with E-state index in [1.165, 1.54) is 12.1 Å². The first-order valence-electron chi connectivity index (χ1n) is 9.41. The lowest BCUT2D eigenvalue weighted by molar-refractivity contribution is -0.137. The van der Waals surface area contributed by atoms with E-state index in [1.807, 2.05) is 6.07 Å². The van der Waals surface area contributed by atoms with Gasteiger partial charge in [-0.15, -0.1) is 0 Å². The van der Waals surface area contributed by atoms with Gasteiger partial charge >= 0.3 is 6.18 Å². The Kier molecular flexibility index (Phi) is 7.65. The monoisotopic (exact) mass is 442 g/mol. The Bertz CT molecular complexity index is 988. The molecular weight excluding hydrogens is 417 g/mol. The predicted molar refractivity (Wildman–Crippen MR) is 109 cm³/mol. The van der Waals surface area contributed by atoms with Gasteiger partial charge in [0.1, 0.15) is 0 Å². The van der Waals surface area contributed by atoms with E-state index >= 15 is 0 Å². The lowest BCUT2D eigenvalue weighted by Gasteiger charge is -2.14. The summed E-state index contributed by atoms with van der Waals surface area (Å²) in [6.07, 6.45) is -4.32. The highest BCUT2D eigenvalue weighted by atomic mass is 32.2. The molecule has 2 aromatic carbocycles. The zero-order chi connectivity index (χ0) is 22.5. The predicted octanol–water partition coefficient (Wildman–Crippen LogP) is 3.91. The van der Waals surface area contributed by atoms with Gasteiger partial charge in [-0.05, 0) is 54.7 Å². The molecule has 9 heteroatoms. The number of hydrogen-bond acceptors (Lipinski definition) is 3. The minimum Gasteiger partial charge on any atom is -0.355 e. The molecule has 0 aliphatic rings. The molecule has 0 aliphatic carbocycles. The van der Waals surface area contributed by atoms with Gasteiger partial charge in [-0.25, -0.2) is 13.1 Å². The quantitative estimate of drug-likeness (QED) is 0.609. The highest BCUT2D eigenvalue weighted by Gasteiger charge is 2.30. The SMILES string of the molecule is Cc1ccc(C)c(S(=O)(=O)NCCNC(=O)CC(C)c2ccc(C(F)(F)F)cc2)c1. The van der Waals surface area contributed by atoms with E-state index < -0.39 is 21.8 Å². The number of benzene rings is 2. The third-order valence-electron chi connectivity index (χ3n) is 4.67. The third kappa shape index (κ3) is 6.56. The van der Waals surface area contributed by atoms with E-state index in [-0.39, 0.29) is 36.2 Å². The van der Waals surface area contributed by atoms with Gasteiger partial charge in [-0.2, -0.15) is 13.2 Å². The summed E-state index contributed by atoms with van der Waals surface area (Å²) in [5, 5.41) is 2.62. The Hall–Kier alpha value is -2.39. The van der Waals surface area contributed by atoms with Crippen LogP contribution in [0.25, 0.3) is 0 Å². The maximum atomic E-state index is 12.6. The standard InChI is InChI=1S/C21H25F3N2O3S/c1-14-4-5-15(2)19(12-14)30(28,29)26-11-10-25-20(27)13-16(3)17-6-8-18(9-7-17)21(22,23)24/h4-9,12,16,26H,10-11,13H2,1-3H3,(H,25,27). The number of aryl methyl sites for hydroxylation is 2. The molecule has 0 saturated carbocycles. The number of halogens is 3. The molecule has 0 fully saturated rings. The molecule has 2 aromatic rings. The fourth-order valence-corrected chi connectivity index (χ4v) is 4.29. The Morgan fingerprint density at radius 3 is 2.27 bits per heavy atom. The van der Waals surface area contributed by atoms with Crippen molar-refractivity contribution in [3.05, 3.63) is 64.7 Å². The first-order chi connectivity index (χ1) is 13.9. The van der Waals surface area contributed by atoms with E-state index in [9.17, 15) is 26.4 Å². The van der Waals surface area contributed by atoms with Gasteiger partial charge in [-0.3, -0.25) is 4.79 Å². The molecule has 0 spiro atoms. The van der Waals surface area contributed by atoms with Crippen molar-refractivity contribution in [3.63, 3.8) is 0 Å². The van der Waals surface area contributed by atoms with Crippen LogP contribution in [-0.2, 0) is 21.0 Å². The molecule has 0 bridgehead atoms. The van der Waals surface area contributed by atoms with Crippen LogP contribution in [0, 0.1) is 13.8 Å². The van der Waals surface area contributed by atoms with Crippen LogP contribution in [0.1, 0.15) is 41.5 Å². The summed E-state index contributed by atoms with van der Waals surface area (Å²) in [7, 11) is -3.69. The van der Waals surface area contributed by atoms with Gasteiger partial charge in [0.15, 0.2) is 0 Å². The molecular formula is C21H25F3N2O3S. The van der Waals surface area contributed by atoms with Gasteiger partial charge in [0, 0.05) is 19.5 Å². The van der Waals surface area contributed by atoms with Crippen molar-refractivity contribution in [1.29, 1.82) is 0 Å². The molecule has 30 heavy (non-hydrogen) atoms. The molecule has 2 rings (SSSR count). The van der Waals surface area contributed by atoms with Crippen molar-refractivity contribution >= 4 is 15.9 Å². The lowest BCUT2D eigenvalue weighted by atomic mass is 9.96. The van der Waals surface area contributed by atoms with Crippen LogP contribution < -0.4 is 10.0 Å². The number of alkyl halides is 3. The topological polar surface area (TPSA) is 75.3 Å². The molecule has 0 heterocycles. The molecule has 2 N–H and O–H groups in total. The minimum absolute atomic E-state index is 0.0239. The molecule has 0 aliphatic heterocycles. The number of carbonyl (C=O) groups excluding carboxylic acids is 1. The summed E-state index contributed by atoms with van der Waals surface area (Å²) in [6.45, 7) is 5.37. The summed E-state index contributed by atoms with van der Waals surface area (Å²) in [4.78, 5) is 12.3. The van der Waals surface area contributed by atoms with Crippen molar-refractivity contribution in [2.45, 2.75) is 44.2 Å². The van der Waals surface area contributed by atoms with E-state index in [0.717, 1.165) is 17.7 Å². The van der Waals surface area contributed by atoms with Crippen LogP contribution >= 0.6 is 0 Å². The van der Waals surface area contributed by atoms with Crippen LogP contribution in [0.4, 0.5) is 13.2 Å². The summed E-state index contributed by atoms with van der Waals surface area (Å²) in [5.41, 5.74) is 1.34. The normalized spacial score (nSPS) is 13.1. The fraction of sp³-hybridized carbons (Fsp3) is 0.381. The van der Waals surface area contributed by atoms with Crippen molar-refractivity contribution < 1.29 is 26.4 Å². The van der Waals surface area contributed by atoms with Gasteiger partial charge in [0.25, 0.3) is 0 Å². The fourth-order valence-electron chi connectivity index (χ4n) is 2.93. The summed E-state index contributed by atoms with van der Waals surface area (Å²) in [5.74, 6) is -0.591. The Morgan fingerprint density at radius 2 is 1.67 bits per heavy atom. The molecule has 164 valence electrons. The average molecular weight is 443 g/mol.